The lowest BCUT2D eigenvalue weighted by atomic mass is 10.1. The smallest absolute Gasteiger partial charge is 0.156 e. The topological polar surface area (TPSA) is 34.0 Å². The van der Waals surface area contributed by atoms with Gasteiger partial charge in [0.05, 0.1) is 11.2 Å². The van der Waals surface area contributed by atoms with Crippen molar-refractivity contribution in [3.05, 3.63) is 42.2 Å². The first-order valence-electron chi connectivity index (χ1n) is 6.88. The van der Waals surface area contributed by atoms with Crippen LogP contribution in [-0.4, -0.2) is 28.1 Å². The molecule has 0 N–H and O–H groups in total. The number of hydrogen-bond donors (Lipinski definition) is 0. The van der Waals surface area contributed by atoms with Gasteiger partial charge in [-0.1, -0.05) is 30.3 Å². The zero-order chi connectivity index (χ0) is 13.7. The molecule has 1 aliphatic rings. The van der Waals surface area contributed by atoms with Crippen molar-refractivity contribution in [3.8, 4) is 11.3 Å². The maximum atomic E-state index is 4.61. The molecule has 3 heterocycles. The molecule has 0 unspecified atom stereocenters. The molecule has 0 spiro atoms. The van der Waals surface area contributed by atoms with Gasteiger partial charge < -0.3 is 9.47 Å². The molecule has 4 rings (SSSR count). The summed E-state index contributed by atoms with van der Waals surface area (Å²) in [5.41, 5.74) is 4.66. The van der Waals surface area contributed by atoms with Crippen molar-refractivity contribution in [1.82, 2.24) is 14.5 Å². The standard InChI is InChI=1S/C16H16N4/c1-11-17-13-10-14(12-6-4-3-5-7-12)20-9-8-19(2)16(18-11)15(13)20/h3-7,10H,8-9H2,1-2H3. The van der Waals surface area contributed by atoms with E-state index >= 15 is 0 Å². The molecule has 0 saturated carbocycles. The fourth-order valence-corrected chi connectivity index (χ4v) is 2.96. The Kier molecular flexibility index (Phi) is 2.33. The van der Waals surface area contributed by atoms with Crippen molar-refractivity contribution in [1.29, 1.82) is 0 Å². The van der Waals surface area contributed by atoms with Gasteiger partial charge in [0.25, 0.3) is 0 Å². The van der Waals surface area contributed by atoms with E-state index in [0.717, 1.165) is 35.8 Å². The molecule has 1 aliphatic heterocycles. The summed E-state index contributed by atoms with van der Waals surface area (Å²) in [6, 6.07) is 12.7. The van der Waals surface area contributed by atoms with Gasteiger partial charge >= 0.3 is 0 Å². The molecule has 2 aromatic heterocycles. The van der Waals surface area contributed by atoms with Crippen LogP contribution in [-0.2, 0) is 6.54 Å². The Morgan fingerprint density at radius 1 is 1.05 bits per heavy atom. The fourth-order valence-electron chi connectivity index (χ4n) is 2.96. The van der Waals surface area contributed by atoms with E-state index < -0.39 is 0 Å². The lowest BCUT2D eigenvalue weighted by molar-refractivity contribution is 0.680. The van der Waals surface area contributed by atoms with Gasteiger partial charge in [-0.2, -0.15) is 0 Å². The van der Waals surface area contributed by atoms with Crippen LogP contribution in [0.5, 0.6) is 0 Å². The molecule has 4 heteroatoms. The van der Waals surface area contributed by atoms with Crippen LogP contribution in [0.3, 0.4) is 0 Å². The van der Waals surface area contributed by atoms with Crippen LogP contribution in [0.4, 0.5) is 5.82 Å². The molecule has 100 valence electrons. The van der Waals surface area contributed by atoms with E-state index in [-0.39, 0.29) is 0 Å². The summed E-state index contributed by atoms with van der Waals surface area (Å²) >= 11 is 0. The minimum Gasteiger partial charge on any atom is -0.356 e. The van der Waals surface area contributed by atoms with Crippen LogP contribution in [0.15, 0.2) is 36.4 Å². The monoisotopic (exact) mass is 264 g/mol. The number of aromatic nitrogens is 3. The number of benzene rings is 1. The second-order valence-corrected chi connectivity index (χ2v) is 5.30. The van der Waals surface area contributed by atoms with E-state index in [1.54, 1.807) is 0 Å². The molecular weight excluding hydrogens is 248 g/mol. The van der Waals surface area contributed by atoms with Gasteiger partial charge in [-0.3, -0.25) is 0 Å². The van der Waals surface area contributed by atoms with Crippen molar-refractivity contribution in [2.45, 2.75) is 13.5 Å². The van der Waals surface area contributed by atoms with Crippen LogP contribution >= 0.6 is 0 Å². The van der Waals surface area contributed by atoms with Gasteiger partial charge in [0.1, 0.15) is 11.3 Å². The SMILES string of the molecule is Cc1nc2c3c(cc(-c4ccccc4)n3CCN2C)n1. The Bertz CT molecular complexity index is 789. The first kappa shape index (κ1) is 11.5. The summed E-state index contributed by atoms with van der Waals surface area (Å²) in [4.78, 5) is 11.4. The lowest BCUT2D eigenvalue weighted by Crippen LogP contribution is -2.29. The Balaban J connectivity index is 2.07. The molecule has 0 amide bonds. The number of aryl methyl sites for hydroxylation is 1. The van der Waals surface area contributed by atoms with Crippen LogP contribution in [0.2, 0.25) is 0 Å². The molecular formula is C16H16N4. The van der Waals surface area contributed by atoms with Gasteiger partial charge in [0.15, 0.2) is 5.82 Å². The van der Waals surface area contributed by atoms with Crippen LogP contribution in [0.1, 0.15) is 5.82 Å². The summed E-state index contributed by atoms with van der Waals surface area (Å²) in [7, 11) is 2.10. The predicted octanol–water partition coefficient (Wildman–Crippen LogP) is 2.86. The third-order valence-corrected chi connectivity index (χ3v) is 3.93. The average molecular weight is 264 g/mol. The molecule has 0 radical (unpaired) electrons. The zero-order valence-electron chi connectivity index (χ0n) is 11.7. The van der Waals surface area contributed by atoms with Gasteiger partial charge in [-0.15, -0.1) is 0 Å². The molecule has 0 fully saturated rings. The zero-order valence-corrected chi connectivity index (χ0v) is 11.7. The van der Waals surface area contributed by atoms with E-state index in [9.17, 15) is 0 Å². The maximum absolute atomic E-state index is 4.61. The fraction of sp³-hybridized carbons (Fsp3) is 0.250. The Morgan fingerprint density at radius 3 is 2.65 bits per heavy atom. The number of anilines is 1. The highest BCUT2D eigenvalue weighted by molar-refractivity contribution is 5.92. The maximum Gasteiger partial charge on any atom is 0.156 e. The summed E-state index contributed by atoms with van der Waals surface area (Å²) in [6.07, 6.45) is 0. The highest BCUT2D eigenvalue weighted by Gasteiger charge is 2.22. The van der Waals surface area contributed by atoms with E-state index in [1.165, 1.54) is 11.3 Å². The van der Waals surface area contributed by atoms with Crippen LogP contribution in [0.25, 0.3) is 22.3 Å². The van der Waals surface area contributed by atoms with Crippen molar-refractivity contribution in [2.24, 2.45) is 0 Å². The third kappa shape index (κ3) is 1.54. The molecule has 4 nitrogen and oxygen atoms in total. The predicted molar refractivity (Wildman–Crippen MR) is 81.0 cm³/mol. The second kappa shape index (κ2) is 4.07. The molecule has 0 saturated heterocycles. The van der Waals surface area contributed by atoms with Gasteiger partial charge in [-0.25, -0.2) is 9.97 Å². The van der Waals surface area contributed by atoms with Crippen LogP contribution in [0, 0.1) is 6.92 Å². The van der Waals surface area contributed by atoms with Crippen LogP contribution < -0.4 is 4.90 Å². The molecule has 0 aliphatic carbocycles. The number of likely N-dealkylation sites (N-methyl/N-ethyl adjacent to an activating group) is 1. The number of nitrogens with zero attached hydrogens (tertiary/aromatic N) is 4. The van der Waals surface area contributed by atoms with E-state index in [1.807, 2.05) is 13.0 Å². The lowest BCUT2D eigenvalue weighted by Gasteiger charge is -2.26. The minimum atomic E-state index is 0.831. The van der Waals surface area contributed by atoms with E-state index in [2.05, 4.69) is 56.8 Å². The second-order valence-electron chi connectivity index (χ2n) is 5.30. The van der Waals surface area contributed by atoms with Crippen molar-refractivity contribution in [2.75, 3.05) is 18.5 Å². The minimum absolute atomic E-state index is 0.831. The van der Waals surface area contributed by atoms with Gasteiger partial charge in [0, 0.05) is 20.1 Å². The highest BCUT2D eigenvalue weighted by Crippen LogP contribution is 2.34. The normalized spacial score (nSPS) is 14.0. The molecule has 20 heavy (non-hydrogen) atoms. The molecule has 0 bridgehead atoms. The largest absolute Gasteiger partial charge is 0.356 e. The van der Waals surface area contributed by atoms with E-state index in [0.29, 0.717) is 0 Å². The van der Waals surface area contributed by atoms with Gasteiger partial charge in [0.2, 0.25) is 0 Å². The van der Waals surface area contributed by atoms with E-state index in [4.69, 9.17) is 0 Å². The number of hydrogen-bond acceptors (Lipinski definition) is 3. The highest BCUT2D eigenvalue weighted by atomic mass is 15.2. The molecule has 3 aromatic rings. The first-order valence-corrected chi connectivity index (χ1v) is 6.88. The molecule has 0 atom stereocenters. The third-order valence-electron chi connectivity index (χ3n) is 3.93. The van der Waals surface area contributed by atoms with Crippen molar-refractivity contribution >= 4 is 16.9 Å². The summed E-state index contributed by atoms with van der Waals surface area (Å²) in [5.74, 6) is 1.87. The number of rotatable bonds is 1. The first-order chi connectivity index (χ1) is 9.74. The molecule has 1 aromatic carbocycles. The summed E-state index contributed by atoms with van der Waals surface area (Å²) in [5, 5.41) is 0. The summed E-state index contributed by atoms with van der Waals surface area (Å²) in [6.45, 7) is 3.91. The summed E-state index contributed by atoms with van der Waals surface area (Å²) < 4.78 is 2.35. The Hall–Kier alpha value is -2.36. The Labute approximate surface area is 117 Å². The van der Waals surface area contributed by atoms with Crippen molar-refractivity contribution in [3.63, 3.8) is 0 Å². The van der Waals surface area contributed by atoms with Crippen molar-refractivity contribution < 1.29 is 0 Å². The quantitative estimate of drug-likeness (QED) is 0.677. The Morgan fingerprint density at radius 2 is 1.85 bits per heavy atom. The average Bonchev–Trinajstić information content (AvgIpc) is 2.83. The van der Waals surface area contributed by atoms with Gasteiger partial charge in [-0.05, 0) is 18.6 Å².